The van der Waals surface area contributed by atoms with E-state index in [0.29, 0.717) is 12.8 Å². The molecule has 0 aliphatic rings. The molecule has 0 radical (unpaired) electrons. The molecule has 0 saturated carbocycles. The molecule has 0 heterocycles. The molecule has 1 atom stereocenters. The van der Waals surface area contributed by atoms with Crippen LogP contribution in [0.2, 0.25) is 10.0 Å². The maximum atomic E-state index is 11.3. The van der Waals surface area contributed by atoms with Gasteiger partial charge in [0.25, 0.3) is 0 Å². The Morgan fingerprint density at radius 2 is 2.15 bits per heavy atom. The van der Waals surface area contributed by atoms with Crippen molar-refractivity contribution in [3.63, 3.8) is 0 Å². The number of methoxy groups -OCH3 is 1. The largest absolute Gasteiger partial charge is 0.489 e. The summed E-state index contributed by atoms with van der Waals surface area (Å²) in [7, 11) is 1.22. The van der Waals surface area contributed by atoms with E-state index in [0.717, 1.165) is 6.07 Å². The van der Waals surface area contributed by atoms with E-state index in [4.69, 9.17) is 27.9 Å². The Hall–Kier alpha value is -1.53. The van der Waals surface area contributed by atoms with Gasteiger partial charge >= 0.3 is 11.7 Å². The highest BCUT2D eigenvalue weighted by Crippen LogP contribution is 2.45. The lowest BCUT2D eigenvalue weighted by Gasteiger charge is -2.17. The molecule has 1 N–H and O–H groups in total. The number of hydrogen-bond acceptors (Lipinski definition) is 4. The summed E-state index contributed by atoms with van der Waals surface area (Å²) in [4.78, 5) is 21.6. The molecule has 1 rings (SSSR count). The summed E-state index contributed by atoms with van der Waals surface area (Å²) in [5.41, 5.74) is -0.253. The molecule has 0 unspecified atom stereocenters. The van der Waals surface area contributed by atoms with Gasteiger partial charge in [0.15, 0.2) is 0 Å². The van der Waals surface area contributed by atoms with E-state index in [9.17, 15) is 20.0 Å². The molecule has 20 heavy (non-hydrogen) atoms. The van der Waals surface area contributed by atoms with Crippen LogP contribution < -0.4 is 4.74 Å². The van der Waals surface area contributed by atoms with Gasteiger partial charge in [0, 0.05) is 11.6 Å². The number of nitro benzene ring substituents is 1. The molecular weight excluding hydrogens is 309 g/mol. The first-order valence-corrected chi connectivity index (χ1v) is 6.53. The second kappa shape index (κ2) is 6.76. The fourth-order valence-corrected chi connectivity index (χ4v) is 2.72. The standard InChI is InChI=1S/C12H13Cl2NO5/c1-3-4-6(12(16)17)9-7(13)5-8(15(18)19)11(20-2)10(9)14/h5-6H,3-4H2,1-2H3,(H,16,17)/t6-/m1/s1. The number of nitrogens with zero attached hydrogens (tertiary/aromatic N) is 1. The summed E-state index contributed by atoms with van der Waals surface area (Å²) in [6, 6.07) is 1.06. The summed E-state index contributed by atoms with van der Waals surface area (Å²) in [5.74, 6) is -2.21. The van der Waals surface area contributed by atoms with E-state index >= 15 is 0 Å². The Bertz CT molecular complexity index is 547. The molecule has 0 bridgehead atoms. The lowest BCUT2D eigenvalue weighted by atomic mass is 9.94. The molecular formula is C12H13Cl2NO5. The van der Waals surface area contributed by atoms with Crippen molar-refractivity contribution in [1.29, 1.82) is 0 Å². The van der Waals surface area contributed by atoms with Gasteiger partial charge in [-0.25, -0.2) is 0 Å². The molecule has 1 aromatic rings. The molecule has 0 aliphatic carbocycles. The molecule has 0 amide bonds. The van der Waals surface area contributed by atoms with Crippen molar-refractivity contribution in [3.8, 4) is 5.75 Å². The lowest BCUT2D eigenvalue weighted by molar-refractivity contribution is -0.385. The normalized spacial score (nSPS) is 12.0. The zero-order valence-electron chi connectivity index (χ0n) is 10.9. The van der Waals surface area contributed by atoms with Gasteiger partial charge in [-0.3, -0.25) is 14.9 Å². The van der Waals surface area contributed by atoms with Crippen LogP contribution in [0.25, 0.3) is 0 Å². The van der Waals surface area contributed by atoms with Crippen LogP contribution in [0.4, 0.5) is 5.69 Å². The van der Waals surface area contributed by atoms with E-state index in [1.807, 2.05) is 6.92 Å². The third-order valence-electron chi connectivity index (χ3n) is 2.81. The van der Waals surface area contributed by atoms with E-state index in [-0.39, 0.29) is 21.4 Å². The summed E-state index contributed by atoms with van der Waals surface area (Å²) in [6.45, 7) is 1.82. The van der Waals surface area contributed by atoms with Crippen LogP contribution in [0.5, 0.6) is 5.75 Å². The minimum absolute atomic E-state index is 0.0525. The molecule has 8 heteroatoms. The first kappa shape index (κ1) is 16.5. The average Bonchev–Trinajstić information content (AvgIpc) is 2.36. The third kappa shape index (κ3) is 3.13. The van der Waals surface area contributed by atoms with Gasteiger partial charge in [0.1, 0.15) is 0 Å². The summed E-state index contributed by atoms with van der Waals surface area (Å²) >= 11 is 12.0. The van der Waals surface area contributed by atoms with Crippen LogP contribution in [0, 0.1) is 10.1 Å². The quantitative estimate of drug-likeness (QED) is 0.634. The van der Waals surface area contributed by atoms with Crippen LogP contribution in [0.3, 0.4) is 0 Å². The third-order valence-corrected chi connectivity index (χ3v) is 3.50. The molecule has 110 valence electrons. The van der Waals surface area contributed by atoms with Crippen molar-refractivity contribution in [2.24, 2.45) is 0 Å². The van der Waals surface area contributed by atoms with E-state index in [1.165, 1.54) is 7.11 Å². The number of carboxylic acid groups (broad SMARTS) is 1. The van der Waals surface area contributed by atoms with Gasteiger partial charge in [-0.1, -0.05) is 36.5 Å². The second-order valence-corrected chi connectivity index (χ2v) is 4.86. The molecule has 0 fully saturated rings. The van der Waals surface area contributed by atoms with Gasteiger partial charge in [-0.15, -0.1) is 0 Å². The van der Waals surface area contributed by atoms with Gasteiger partial charge < -0.3 is 9.84 Å². The van der Waals surface area contributed by atoms with Crippen molar-refractivity contribution < 1.29 is 19.6 Å². The fourth-order valence-electron chi connectivity index (χ4n) is 1.93. The van der Waals surface area contributed by atoms with Crippen molar-refractivity contribution in [1.82, 2.24) is 0 Å². The van der Waals surface area contributed by atoms with E-state index < -0.39 is 22.5 Å². The van der Waals surface area contributed by atoms with Crippen LogP contribution in [0.15, 0.2) is 6.07 Å². The molecule has 0 aliphatic heterocycles. The maximum absolute atomic E-state index is 11.3. The smallest absolute Gasteiger partial charge is 0.314 e. The summed E-state index contributed by atoms with van der Waals surface area (Å²) < 4.78 is 4.92. The predicted octanol–water partition coefficient (Wildman–Crippen LogP) is 3.88. The highest BCUT2D eigenvalue weighted by molar-refractivity contribution is 6.38. The Kier molecular flexibility index (Phi) is 5.59. The number of halogens is 2. The monoisotopic (exact) mass is 321 g/mol. The lowest BCUT2D eigenvalue weighted by Crippen LogP contribution is -2.13. The van der Waals surface area contributed by atoms with Crippen LogP contribution >= 0.6 is 23.2 Å². The number of benzene rings is 1. The zero-order valence-corrected chi connectivity index (χ0v) is 12.4. The van der Waals surface area contributed by atoms with Crippen molar-refractivity contribution in [2.45, 2.75) is 25.7 Å². The first-order valence-electron chi connectivity index (χ1n) is 5.78. The Morgan fingerprint density at radius 3 is 2.55 bits per heavy atom. The number of carboxylic acids is 1. The number of rotatable bonds is 6. The number of carbonyl (C=O) groups is 1. The minimum Gasteiger partial charge on any atom is -0.489 e. The highest BCUT2D eigenvalue weighted by Gasteiger charge is 2.31. The van der Waals surface area contributed by atoms with Gasteiger partial charge in [-0.05, 0) is 6.42 Å². The molecule has 1 aromatic carbocycles. The maximum Gasteiger partial charge on any atom is 0.314 e. The minimum atomic E-state index is -1.09. The highest BCUT2D eigenvalue weighted by atomic mass is 35.5. The number of nitro groups is 1. The fraction of sp³-hybridized carbons (Fsp3) is 0.417. The molecule has 0 saturated heterocycles. The molecule has 0 spiro atoms. The van der Waals surface area contributed by atoms with Gasteiger partial charge in [0.2, 0.25) is 5.75 Å². The number of hydrogen-bond donors (Lipinski definition) is 1. The van der Waals surface area contributed by atoms with Crippen LogP contribution in [-0.2, 0) is 4.79 Å². The SMILES string of the molecule is CCC[C@@H](C(=O)O)c1c(Cl)cc([N+](=O)[O-])c(OC)c1Cl. The summed E-state index contributed by atoms with van der Waals surface area (Å²) in [5, 5.41) is 20.0. The van der Waals surface area contributed by atoms with Crippen LogP contribution in [-0.4, -0.2) is 23.1 Å². The van der Waals surface area contributed by atoms with Crippen LogP contribution in [0.1, 0.15) is 31.2 Å². The Labute approximate surface area is 125 Å². The Balaban J connectivity index is 3.55. The topological polar surface area (TPSA) is 89.7 Å². The second-order valence-electron chi connectivity index (χ2n) is 4.08. The van der Waals surface area contributed by atoms with Gasteiger partial charge in [-0.2, -0.15) is 0 Å². The Morgan fingerprint density at radius 1 is 1.55 bits per heavy atom. The van der Waals surface area contributed by atoms with Crippen molar-refractivity contribution >= 4 is 34.9 Å². The molecule has 0 aromatic heterocycles. The summed E-state index contributed by atoms with van der Waals surface area (Å²) in [6.07, 6.45) is 0.915. The predicted molar refractivity (Wildman–Crippen MR) is 75.0 cm³/mol. The zero-order chi connectivity index (χ0) is 15.4. The van der Waals surface area contributed by atoms with Crippen molar-refractivity contribution in [2.75, 3.05) is 7.11 Å². The average molecular weight is 322 g/mol. The van der Waals surface area contributed by atoms with Crippen molar-refractivity contribution in [3.05, 3.63) is 31.8 Å². The molecule has 6 nitrogen and oxygen atoms in total. The van der Waals surface area contributed by atoms with E-state index in [1.54, 1.807) is 0 Å². The van der Waals surface area contributed by atoms with Gasteiger partial charge in [0.05, 0.1) is 28.0 Å². The number of ether oxygens (including phenoxy) is 1. The van der Waals surface area contributed by atoms with E-state index in [2.05, 4.69) is 0 Å². The number of aliphatic carboxylic acids is 1. The first-order chi connectivity index (χ1) is 9.34.